The minimum Gasteiger partial charge on any atom is -0.398 e. The Kier molecular flexibility index (Phi) is 11.2. The predicted octanol–water partition coefficient (Wildman–Crippen LogP) is 3.32. The van der Waals surface area contributed by atoms with Crippen molar-refractivity contribution in [2.75, 3.05) is 26.3 Å². The molecule has 3 heterocycles. The molecule has 2 unspecified atom stereocenters. The summed E-state index contributed by atoms with van der Waals surface area (Å²) in [6, 6.07) is 2.59. The molecule has 0 bridgehead atoms. The van der Waals surface area contributed by atoms with Crippen LogP contribution in [0, 0.1) is 17.8 Å². The van der Waals surface area contributed by atoms with Crippen LogP contribution >= 0.6 is 0 Å². The zero-order valence-corrected chi connectivity index (χ0v) is 21.3. The van der Waals surface area contributed by atoms with E-state index in [0.29, 0.717) is 5.92 Å². The van der Waals surface area contributed by atoms with Gasteiger partial charge in [-0.25, -0.2) is 0 Å². The van der Waals surface area contributed by atoms with Crippen molar-refractivity contribution in [3.05, 3.63) is 47.6 Å². The Bertz CT molecular complexity index is 873. The summed E-state index contributed by atoms with van der Waals surface area (Å²) in [4.78, 5) is 5.63. The topological polar surface area (TPSA) is 103 Å². The molecular formula is C25H38B2F3N5O. The van der Waals surface area contributed by atoms with Crippen molar-refractivity contribution in [3.8, 4) is 0 Å². The summed E-state index contributed by atoms with van der Waals surface area (Å²) in [5.41, 5.74) is 14.4. The van der Waals surface area contributed by atoms with E-state index in [1.54, 1.807) is 0 Å². The van der Waals surface area contributed by atoms with Crippen LogP contribution < -0.4 is 17.2 Å². The van der Waals surface area contributed by atoms with E-state index in [2.05, 4.69) is 9.88 Å². The standard InChI is InChI=1S/C13H21B2NO.C10H11F3N4.C2H6/c14-13(15,12-4-6-17-7-5-12)16-8-10-2-1-3-11(10)9-16;11-10(12,13)9-6(2-1-5-17-9)7(14)3-4-8(15)16;1-2/h10-12H,1-9H2;1-5H,14-16H2;1-2H3/b;7-3-;. The van der Waals surface area contributed by atoms with Gasteiger partial charge in [0.25, 0.3) is 0 Å². The number of nitrogens with zero attached hydrogens (tertiary/aromatic N) is 2. The molecule has 36 heavy (non-hydrogen) atoms. The van der Waals surface area contributed by atoms with Gasteiger partial charge in [-0.3, -0.25) is 4.98 Å². The summed E-state index contributed by atoms with van der Waals surface area (Å²) in [6.07, 6.45) is 5.08. The fourth-order valence-corrected chi connectivity index (χ4v) is 5.11. The predicted molar refractivity (Wildman–Crippen MR) is 139 cm³/mol. The SMILES string of the molecule is CC.NC(N)=C/C=C(\N)c1cccnc1C(F)(F)F.[B]C([B])(C1CCOCC1)N1CC2CCCC2C1. The molecule has 6 nitrogen and oxygen atoms in total. The number of nitrogens with two attached hydrogens (primary N) is 3. The third kappa shape index (κ3) is 7.93. The summed E-state index contributed by atoms with van der Waals surface area (Å²) in [5.74, 6) is 2.07. The number of hydrogen-bond donors (Lipinski definition) is 3. The molecule has 2 atom stereocenters. The first-order valence-electron chi connectivity index (χ1n) is 12.6. The van der Waals surface area contributed by atoms with Gasteiger partial charge in [0.05, 0.1) is 21.5 Å². The van der Waals surface area contributed by atoms with E-state index >= 15 is 0 Å². The van der Waals surface area contributed by atoms with Crippen molar-refractivity contribution in [1.82, 2.24) is 9.88 Å². The van der Waals surface area contributed by atoms with Crippen LogP contribution in [0.4, 0.5) is 13.2 Å². The third-order valence-corrected chi connectivity index (χ3v) is 6.99. The van der Waals surface area contributed by atoms with Gasteiger partial charge in [0.15, 0.2) is 5.69 Å². The first kappa shape index (κ1) is 30.1. The van der Waals surface area contributed by atoms with Crippen LogP contribution in [0.25, 0.3) is 5.70 Å². The van der Waals surface area contributed by atoms with Gasteiger partial charge in [0.2, 0.25) is 0 Å². The molecule has 3 aliphatic rings. The van der Waals surface area contributed by atoms with E-state index in [4.69, 9.17) is 37.6 Å². The molecule has 6 N–H and O–H groups in total. The summed E-state index contributed by atoms with van der Waals surface area (Å²) >= 11 is 0. The first-order chi connectivity index (χ1) is 17.0. The Labute approximate surface area is 215 Å². The maximum atomic E-state index is 12.6. The zero-order chi connectivity index (χ0) is 26.9. The molecular weight excluding hydrogens is 465 g/mol. The monoisotopic (exact) mass is 503 g/mol. The molecule has 196 valence electrons. The van der Waals surface area contributed by atoms with Crippen molar-refractivity contribution in [1.29, 1.82) is 0 Å². The van der Waals surface area contributed by atoms with E-state index in [9.17, 15) is 13.2 Å². The summed E-state index contributed by atoms with van der Waals surface area (Å²) in [7, 11) is 12.9. The highest BCUT2D eigenvalue weighted by Crippen LogP contribution is 2.41. The lowest BCUT2D eigenvalue weighted by Crippen LogP contribution is -2.55. The quantitative estimate of drug-likeness (QED) is 0.431. The lowest BCUT2D eigenvalue weighted by atomic mass is 9.52. The minimum absolute atomic E-state index is 0.0506. The molecule has 0 aromatic carbocycles. The lowest BCUT2D eigenvalue weighted by molar-refractivity contribution is -0.141. The highest BCUT2D eigenvalue weighted by atomic mass is 19.4. The minimum atomic E-state index is -4.56. The number of pyridine rings is 1. The average molecular weight is 503 g/mol. The summed E-state index contributed by atoms with van der Waals surface area (Å²) in [5, 5.41) is -0.603. The van der Waals surface area contributed by atoms with Crippen LogP contribution in [0.5, 0.6) is 0 Å². The summed E-state index contributed by atoms with van der Waals surface area (Å²) < 4.78 is 43.2. The molecule has 1 aliphatic carbocycles. The zero-order valence-electron chi connectivity index (χ0n) is 21.3. The Hall–Kier alpha value is -2.13. The second-order valence-corrected chi connectivity index (χ2v) is 9.32. The van der Waals surface area contributed by atoms with Gasteiger partial charge >= 0.3 is 6.18 Å². The number of rotatable bonds is 4. The largest absolute Gasteiger partial charge is 0.434 e. The number of ether oxygens (including phenoxy) is 1. The van der Waals surface area contributed by atoms with E-state index in [-0.39, 0.29) is 17.1 Å². The van der Waals surface area contributed by atoms with E-state index in [0.717, 1.165) is 57.2 Å². The number of likely N-dealkylation sites (tertiary alicyclic amines) is 1. The van der Waals surface area contributed by atoms with Gasteiger partial charge in [0, 0.05) is 43.8 Å². The van der Waals surface area contributed by atoms with Crippen molar-refractivity contribution < 1.29 is 17.9 Å². The molecule has 3 fully saturated rings. The molecule has 4 radical (unpaired) electrons. The van der Waals surface area contributed by atoms with Gasteiger partial charge in [-0.2, -0.15) is 13.2 Å². The normalized spacial score (nSPS) is 23.1. The maximum Gasteiger partial charge on any atom is 0.434 e. The smallest absolute Gasteiger partial charge is 0.398 e. The highest BCUT2D eigenvalue weighted by Gasteiger charge is 2.43. The molecule has 4 rings (SSSR count). The van der Waals surface area contributed by atoms with Gasteiger partial charge in [-0.15, -0.1) is 0 Å². The lowest BCUT2D eigenvalue weighted by Gasteiger charge is -2.45. The van der Waals surface area contributed by atoms with Crippen molar-refractivity contribution in [2.45, 2.75) is 57.5 Å². The average Bonchev–Trinajstić information content (AvgIpc) is 3.47. The molecule has 0 spiro atoms. The van der Waals surface area contributed by atoms with Crippen LogP contribution in [0.15, 0.2) is 36.3 Å². The molecule has 2 aliphatic heterocycles. The fraction of sp³-hybridized carbons (Fsp3) is 0.640. The molecule has 2 saturated heterocycles. The van der Waals surface area contributed by atoms with Gasteiger partial charge < -0.3 is 26.8 Å². The van der Waals surface area contributed by atoms with Crippen LogP contribution in [0.2, 0.25) is 0 Å². The van der Waals surface area contributed by atoms with Crippen molar-refractivity contribution >= 4 is 21.4 Å². The number of halogens is 3. The first-order valence-corrected chi connectivity index (χ1v) is 12.6. The van der Waals surface area contributed by atoms with Crippen LogP contribution in [0.1, 0.15) is 57.2 Å². The number of allylic oxidation sites excluding steroid dienone is 2. The van der Waals surface area contributed by atoms with Gasteiger partial charge in [-0.1, -0.05) is 25.6 Å². The van der Waals surface area contributed by atoms with Crippen molar-refractivity contribution in [3.63, 3.8) is 0 Å². The molecule has 0 amide bonds. The molecule has 1 aromatic heterocycles. The van der Waals surface area contributed by atoms with Crippen LogP contribution in [0.3, 0.4) is 0 Å². The number of alkyl halides is 3. The number of hydrogen-bond acceptors (Lipinski definition) is 6. The van der Waals surface area contributed by atoms with Gasteiger partial charge in [-0.05, 0) is 67.7 Å². The van der Waals surface area contributed by atoms with E-state index in [1.807, 2.05) is 13.8 Å². The Morgan fingerprint density at radius 1 is 1.03 bits per heavy atom. The van der Waals surface area contributed by atoms with E-state index in [1.165, 1.54) is 43.5 Å². The molecule has 1 saturated carbocycles. The van der Waals surface area contributed by atoms with Crippen LogP contribution in [-0.2, 0) is 10.9 Å². The van der Waals surface area contributed by atoms with Crippen LogP contribution in [-0.4, -0.2) is 57.2 Å². The highest BCUT2D eigenvalue weighted by molar-refractivity contribution is 6.40. The number of aromatic nitrogens is 1. The Morgan fingerprint density at radius 3 is 2.14 bits per heavy atom. The fourth-order valence-electron chi connectivity index (χ4n) is 5.11. The summed E-state index contributed by atoms with van der Waals surface area (Å²) in [6.45, 7) is 7.88. The maximum absolute atomic E-state index is 12.6. The van der Waals surface area contributed by atoms with Gasteiger partial charge in [0.1, 0.15) is 0 Å². The Balaban J connectivity index is 0.000000237. The molecule has 11 heteroatoms. The molecule has 1 aromatic rings. The third-order valence-electron chi connectivity index (χ3n) is 6.99. The number of fused-ring (bicyclic) bond motifs is 1. The second-order valence-electron chi connectivity index (χ2n) is 9.32. The Morgan fingerprint density at radius 2 is 1.61 bits per heavy atom. The van der Waals surface area contributed by atoms with E-state index < -0.39 is 17.2 Å². The second kappa shape index (κ2) is 13.4. The van der Waals surface area contributed by atoms with Crippen molar-refractivity contribution in [2.24, 2.45) is 35.0 Å².